The fourth-order valence-corrected chi connectivity index (χ4v) is 4.66. The van der Waals surface area contributed by atoms with Gasteiger partial charge in [0.15, 0.2) is 17.3 Å². The molecule has 0 fully saturated rings. The Balaban J connectivity index is 2.34. The van der Waals surface area contributed by atoms with Gasteiger partial charge in [-0.2, -0.15) is 4.62 Å². The lowest BCUT2D eigenvalue weighted by molar-refractivity contribution is 0.301. The number of nitrogens with one attached hydrogen (secondary N) is 1. The van der Waals surface area contributed by atoms with E-state index in [9.17, 15) is 9.67 Å². The number of aromatic nitrogens is 1. The van der Waals surface area contributed by atoms with Crippen LogP contribution < -0.4 is 14.7 Å². The Morgan fingerprint density at radius 2 is 1.86 bits per heavy atom. The van der Waals surface area contributed by atoms with Gasteiger partial charge in [-0.1, -0.05) is 13.8 Å². The highest BCUT2D eigenvalue weighted by atomic mass is 31.2. The molecule has 0 aliphatic carbocycles. The summed E-state index contributed by atoms with van der Waals surface area (Å²) in [5.74, 6) is 1.06. The van der Waals surface area contributed by atoms with Crippen molar-refractivity contribution in [3.63, 3.8) is 0 Å². The van der Waals surface area contributed by atoms with Crippen LogP contribution in [0.5, 0.6) is 17.2 Å². The maximum absolute atomic E-state index is 13.7. The van der Waals surface area contributed by atoms with Gasteiger partial charge in [0.05, 0.1) is 12.8 Å². The van der Waals surface area contributed by atoms with Gasteiger partial charge in [0.1, 0.15) is 5.75 Å². The molecule has 2 N–H and O–H groups in total. The highest BCUT2D eigenvalue weighted by Crippen LogP contribution is 2.56. The number of benzene rings is 1. The van der Waals surface area contributed by atoms with Crippen LogP contribution in [-0.2, 0) is 9.19 Å². The van der Waals surface area contributed by atoms with Crippen molar-refractivity contribution in [3.8, 4) is 17.2 Å². The van der Waals surface area contributed by atoms with E-state index in [1.807, 2.05) is 33.8 Å². The zero-order valence-corrected chi connectivity index (χ0v) is 18.2. The molecule has 154 valence electrons. The predicted octanol–water partition coefficient (Wildman–Crippen LogP) is 5.53. The molecule has 0 saturated heterocycles. The second-order valence-electron chi connectivity index (χ2n) is 6.69. The van der Waals surface area contributed by atoms with Crippen molar-refractivity contribution in [1.29, 1.82) is 0 Å². The summed E-state index contributed by atoms with van der Waals surface area (Å²) in [6, 6.07) is 4.99. The van der Waals surface area contributed by atoms with Gasteiger partial charge in [-0.05, 0) is 62.4 Å². The van der Waals surface area contributed by atoms with Crippen LogP contribution >= 0.6 is 7.60 Å². The Hall–Kier alpha value is -2.24. The number of hydrogen-bond acceptors (Lipinski definition) is 7. The number of aryl methyl sites for hydroxylation is 2. The molecule has 2 rings (SSSR count). The molecule has 0 aliphatic rings. The van der Waals surface area contributed by atoms with E-state index in [0.717, 1.165) is 11.1 Å². The van der Waals surface area contributed by atoms with Crippen molar-refractivity contribution in [1.82, 2.24) is 4.98 Å². The lowest BCUT2D eigenvalue weighted by atomic mass is 10.2. The molecule has 7 nitrogen and oxygen atoms in total. The number of ether oxygens (including phenoxy) is 1. The van der Waals surface area contributed by atoms with E-state index < -0.39 is 7.60 Å². The molecule has 28 heavy (non-hydrogen) atoms. The molecule has 1 atom stereocenters. The number of nitrogens with zero attached hydrogens (tertiary/aromatic N) is 1. The number of phenolic OH excluding ortho intramolecular Hbond substituents is 1. The number of methoxy groups -OCH3 is 1. The topological polar surface area (TPSA) is 89.9 Å². The van der Waals surface area contributed by atoms with Crippen LogP contribution in [0, 0.1) is 20.8 Å². The number of phenols is 1. The van der Waals surface area contributed by atoms with Crippen molar-refractivity contribution >= 4 is 13.4 Å². The van der Waals surface area contributed by atoms with Gasteiger partial charge in [-0.25, -0.2) is 15.0 Å². The number of anilines is 1. The summed E-state index contributed by atoms with van der Waals surface area (Å²) in [5.41, 5.74) is 4.92. The summed E-state index contributed by atoms with van der Waals surface area (Å²) in [5, 5.41) is 10.0. The molecular formula is C20H29N2O5P. The van der Waals surface area contributed by atoms with Crippen molar-refractivity contribution in [2.45, 2.75) is 53.1 Å². The predicted molar refractivity (Wildman–Crippen MR) is 110 cm³/mol. The van der Waals surface area contributed by atoms with Crippen molar-refractivity contribution in [2.75, 3.05) is 12.6 Å². The number of rotatable bonds is 9. The molecule has 1 aromatic heterocycles. The van der Waals surface area contributed by atoms with E-state index in [4.69, 9.17) is 13.9 Å². The van der Waals surface area contributed by atoms with Crippen LogP contribution in [-0.4, -0.2) is 22.9 Å². The Morgan fingerprint density at radius 1 is 1.18 bits per heavy atom. The SMILES string of the molecule is CCC(CC)P(=O)(ONc1nccc(C)c1C)Oc1cc(C)c(O)c(OC)c1. The fourth-order valence-electron chi connectivity index (χ4n) is 2.82. The molecule has 0 spiro atoms. The maximum atomic E-state index is 13.7. The first-order chi connectivity index (χ1) is 13.3. The molecule has 0 aliphatic heterocycles. The standard InChI is InChI=1S/C20H29N2O5P/c1-7-17(8-2)28(24,27-22-20-15(5)13(3)9-10-21-20)26-16-11-14(4)19(23)18(12-16)25-6/h9-12,17,23H,7-8H2,1-6H3,(H,21,22). The van der Waals surface area contributed by atoms with Crippen molar-refractivity contribution in [2.24, 2.45) is 0 Å². The largest absolute Gasteiger partial charge is 0.504 e. The Kier molecular flexibility index (Phi) is 7.33. The Bertz CT molecular complexity index is 868. The minimum absolute atomic E-state index is 0.0193. The smallest absolute Gasteiger partial charge is 0.403 e. The van der Waals surface area contributed by atoms with Gasteiger partial charge in [-0.3, -0.25) is 0 Å². The van der Waals surface area contributed by atoms with Crippen LogP contribution in [0.2, 0.25) is 0 Å². The van der Waals surface area contributed by atoms with E-state index in [1.165, 1.54) is 13.2 Å². The Morgan fingerprint density at radius 3 is 2.46 bits per heavy atom. The molecule has 8 heteroatoms. The number of aromatic hydroxyl groups is 1. The Labute approximate surface area is 166 Å². The third-order valence-corrected chi connectivity index (χ3v) is 7.26. The van der Waals surface area contributed by atoms with Crippen molar-refractivity contribution in [3.05, 3.63) is 41.1 Å². The molecule has 0 saturated carbocycles. The molecule has 1 heterocycles. The summed E-state index contributed by atoms with van der Waals surface area (Å²) >= 11 is 0. The zero-order valence-electron chi connectivity index (χ0n) is 17.3. The summed E-state index contributed by atoms with van der Waals surface area (Å²) < 4.78 is 30.4. The van der Waals surface area contributed by atoms with E-state index >= 15 is 0 Å². The highest BCUT2D eigenvalue weighted by Gasteiger charge is 2.37. The van der Waals surface area contributed by atoms with Gasteiger partial charge in [0.2, 0.25) is 0 Å². The summed E-state index contributed by atoms with van der Waals surface area (Å²) in [7, 11) is -2.16. The summed E-state index contributed by atoms with van der Waals surface area (Å²) in [6.07, 6.45) is 2.89. The second kappa shape index (κ2) is 9.30. The summed E-state index contributed by atoms with van der Waals surface area (Å²) in [4.78, 5) is 4.25. The average molecular weight is 408 g/mol. The quantitative estimate of drug-likeness (QED) is 0.417. The molecule has 1 unspecified atom stereocenters. The van der Waals surface area contributed by atoms with E-state index in [0.29, 0.717) is 30.0 Å². The van der Waals surface area contributed by atoms with Gasteiger partial charge >= 0.3 is 7.60 Å². The van der Waals surface area contributed by atoms with Crippen LogP contribution in [0.1, 0.15) is 43.4 Å². The molecular weight excluding hydrogens is 379 g/mol. The number of hydrogen-bond donors (Lipinski definition) is 2. The minimum atomic E-state index is -3.61. The van der Waals surface area contributed by atoms with Gasteiger partial charge in [-0.15, -0.1) is 0 Å². The van der Waals surface area contributed by atoms with Crippen LogP contribution in [0.15, 0.2) is 24.4 Å². The van der Waals surface area contributed by atoms with E-state index in [-0.39, 0.29) is 17.2 Å². The van der Waals surface area contributed by atoms with Gasteiger partial charge in [0, 0.05) is 12.3 Å². The van der Waals surface area contributed by atoms with E-state index in [1.54, 1.807) is 19.2 Å². The van der Waals surface area contributed by atoms with Crippen LogP contribution in [0.3, 0.4) is 0 Å². The monoisotopic (exact) mass is 408 g/mol. The van der Waals surface area contributed by atoms with E-state index in [2.05, 4.69) is 10.5 Å². The summed E-state index contributed by atoms with van der Waals surface area (Å²) in [6.45, 7) is 9.46. The van der Waals surface area contributed by atoms with Gasteiger partial charge in [0.25, 0.3) is 0 Å². The van der Waals surface area contributed by atoms with Crippen LogP contribution in [0.25, 0.3) is 0 Å². The lowest BCUT2D eigenvalue weighted by Crippen LogP contribution is -2.17. The normalized spacial score (nSPS) is 13.2. The molecule has 0 radical (unpaired) electrons. The number of pyridine rings is 1. The average Bonchev–Trinajstić information content (AvgIpc) is 2.66. The highest BCUT2D eigenvalue weighted by molar-refractivity contribution is 7.55. The second-order valence-corrected chi connectivity index (χ2v) is 8.86. The molecule has 2 aromatic rings. The molecule has 1 aromatic carbocycles. The van der Waals surface area contributed by atoms with Crippen LogP contribution in [0.4, 0.5) is 5.82 Å². The third-order valence-electron chi connectivity index (χ3n) is 4.83. The first kappa shape index (κ1) is 22.1. The fraction of sp³-hybridized carbons (Fsp3) is 0.450. The van der Waals surface area contributed by atoms with Crippen molar-refractivity contribution < 1.29 is 23.6 Å². The molecule has 0 amide bonds. The molecule has 0 bridgehead atoms. The first-order valence-electron chi connectivity index (χ1n) is 9.29. The zero-order chi connectivity index (χ0) is 20.9. The maximum Gasteiger partial charge on any atom is 0.403 e. The lowest BCUT2D eigenvalue weighted by Gasteiger charge is -2.26. The third kappa shape index (κ3) is 4.78. The first-order valence-corrected chi connectivity index (χ1v) is 10.9. The van der Waals surface area contributed by atoms with Gasteiger partial charge < -0.3 is 14.4 Å². The minimum Gasteiger partial charge on any atom is -0.504 e.